The van der Waals surface area contributed by atoms with Crippen LogP contribution in [-0.4, -0.2) is 18.0 Å². The Morgan fingerprint density at radius 3 is 2.88 bits per heavy atom. The maximum absolute atomic E-state index is 13.9. The molecule has 0 bridgehead atoms. The Kier molecular flexibility index (Phi) is 4.61. The number of aromatic nitrogens is 1. The van der Waals surface area contributed by atoms with E-state index in [0.29, 0.717) is 15.8 Å². The third kappa shape index (κ3) is 3.30. The van der Waals surface area contributed by atoms with Gasteiger partial charge in [-0.1, -0.05) is 28.1 Å². The molecule has 0 saturated heterocycles. The van der Waals surface area contributed by atoms with Gasteiger partial charge in [0, 0.05) is 10.0 Å². The number of halogens is 2. The van der Waals surface area contributed by atoms with Crippen LogP contribution in [0.3, 0.4) is 0 Å². The zero-order chi connectivity index (χ0) is 17.1. The summed E-state index contributed by atoms with van der Waals surface area (Å²) < 4.78 is 24.9. The third-order valence-electron chi connectivity index (χ3n) is 3.29. The topological polar surface area (TPSA) is 64.4 Å². The molecule has 0 fully saturated rings. The summed E-state index contributed by atoms with van der Waals surface area (Å²) in [6.07, 6.45) is 1.17. The molecule has 122 valence electrons. The van der Waals surface area contributed by atoms with E-state index < -0.39 is 11.7 Å². The lowest BCUT2D eigenvalue weighted by Gasteiger charge is -2.07. The fourth-order valence-corrected chi connectivity index (χ4v) is 2.48. The highest BCUT2D eigenvalue weighted by atomic mass is 79.9. The van der Waals surface area contributed by atoms with Crippen molar-refractivity contribution in [2.45, 2.75) is 0 Å². The summed E-state index contributed by atoms with van der Waals surface area (Å²) in [5.74, 6) is -0.218. The van der Waals surface area contributed by atoms with Gasteiger partial charge in [-0.2, -0.15) is 0 Å². The van der Waals surface area contributed by atoms with E-state index >= 15 is 0 Å². The summed E-state index contributed by atoms with van der Waals surface area (Å²) in [6, 6.07) is 11.4. The first-order valence-corrected chi connectivity index (χ1v) is 7.72. The maximum Gasteiger partial charge on any atom is 0.278 e. The Balaban J connectivity index is 1.90. The van der Waals surface area contributed by atoms with Gasteiger partial charge in [-0.05, 0) is 30.3 Å². The number of carbonyl (C=O) groups excluding carboxylic acids is 1. The van der Waals surface area contributed by atoms with E-state index in [2.05, 4.69) is 26.2 Å². The molecule has 0 aliphatic rings. The number of nitrogens with one attached hydrogen (secondary N) is 1. The summed E-state index contributed by atoms with van der Waals surface area (Å²) >= 11 is 3.17. The highest BCUT2D eigenvalue weighted by Gasteiger charge is 2.20. The number of rotatable bonds is 4. The SMILES string of the molecule is COc1cccc(-c2ocnc2C(=O)Nc2ccc(Br)cc2F)c1. The van der Waals surface area contributed by atoms with E-state index in [1.165, 1.54) is 18.5 Å². The van der Waals surface area contributed by atoms with Crippen molar-refractivity contribution >= 4 is 27.5 Å². The van der Waals surface area contributed by atoms with Crippen LogP contribution in [0.15, 0.2) is 57.7 Å². The highest BCUT2D eigenvalue weighted by molar-refractivity contribution is 9.10. The lowest BCUT2D eigenvalue weighted by atomic mass is 10.1. The minimum absolute atomic E-state index is 0.0581. The zero-order valence-electron chi connectivity index (χ0n) is 12.5. The van der Waals surface area contributed by atoms with E-state index in [4.69, 9.17) is 9.15 Å². The molecule has 0 aliphatic carbocycles. The van der Waals surface area contributed by atoms with Crippen LogP contribution in [0.4, 0.5) is 10.1 Å². The number of oxazole rings is 1. The zero-order valence-corrected chi connectivity index (χ0v) is 14.1. The van der Waals surface area contributed by atoms with Crippen molar-refractivity contribution in [3.8, 4) is 17.1 Å². The fourth-order valence-electron chi connectivity index (χ4n) is 2.15. The van der Waals surface area contributed by atoms with Crippen LogP contribution < -0.4 is 10.1 Å². The van der Waals surface area contributed by atoms with Crippen LogP contribution in [0.25, 0.3) is 11.3 Å². The molecule has 0 spiro atoms. The van der Waals surface area contributed by atoms with E-state index in [1.54, 1.807) is 37.4 Å². The van der Waals surface area contributed by atoms with Gasteiger partial charge in [0.05, 0.1) is 12.8 Å². The second-order valence-electron chi connectivity index (χ2n) is 4.84. The number of hydrogen-bond acceptors (Lipinski definition) is 4. The van der Waals surface area contributed by atoms with Gasteiger partial charge in [-0.3, -0.25) is 4.79 Å². The van der Waals surface area contributed by atoms with E-state index in [1.807, 2.05) is 0 Å². The van der Waals surface area contributed by atoms with Crippen molar-refractivity contribution in [2.24, 2.45) is 0 Å². The van der Waals surface area contributed by atoms with Crippen LogP contribution in [0.2, 0.25) is 0 Å². The molecule has 7 heteroatoms. The summed E-state index contributed by atoms with van der Waals surface area (Å²) in [6.45, 7) is 0. The Hall–Kier alpha value is -2.67. The summed E-state index contributed by atoms with van der Waals surface area (Å²) in [5.41, 5.74) is 0.752. The molecule has 0 aliphatic heterocycles. The smallest absolute Gasteiger partial charge is 0.278 e. The Bertz CT molecular complexity index is 895. The van der Waals surface area contributed by atoms with Crippen molar-refractivity contribution < 1.29 is 18.3 Å². The molecule has 1 aromatic heterocycles. The fraction of sp³-hybridized carbons (Fsp3) is 0.0588. The van der Waals surface area contributed by atoms with E-state index in [-0.39, 0.29) is 17.1 Å². The Morgan fingerprint density at radius 1 is 1.29 bits per heavy atom. The molecule has 1 heterocycles. The third-order valence-corrected chi connectivity index (χ3v) is 3.79. The standard InChI is InChI=1S/C17H12BrFN2O3/c1-23-12-4-2-3-10(7-12)16-15(20-9-24-16)17(22)21-14-6-5-11(18)8-13(14)19/h2-9H,1H3,(H,21,22). The number of ether oxygens (including phenoxy) is 1. The average molecular weight is 391 g/mol. The minimum atomic E-state index is -0.567. The Morgan fingerprint density at radius 2 is 2.12 bits per heavy atom. The van der Waals surface area contributed by atoms with E-state index in [9.17, 15) is 9.18 Å². The van der Waals surface area contributed by atoms with Crippen LogP contribution in [0.5, 0.6) is 5.75 Å². The normalized spacial score (nSPS) is 10.5. The van der Waals surface area contributed by atoms with Crippen LogP contribution in [0.1, 0.15) is 10.5 Å². The Labute approximate surface area is 145 Å². The molecular weight excluding hydrogens is 379 g/mol. The first-order valence-electron chi connectivity index (χ1n) is 6.93. The predicted octanol–water partition coefficient (Wildman–Crippen LogP) is 4.50. The molecule has 1 amide bonds. The largest absolute Gasteiger partial charge is 0.497 e. The lowest BCUT2D eigenvalue weighted by molar-refractivity contribution is 0.102. The summed E-state index contributed by atoms with van der Waals surface area (Å²) in [4.78, 5) is 16.4. The number of amides is 1. The van der Waals surface area contributed by atoms with Gasteiger partial charge in [-0.15, -0.1) is 0 Å². The van der Waals surface area contributed by atoms with Crippen molar-refractivity contribution in [3.63, 3.8) is 0 Å². The van der Waals surface area contributed by atoms with Crippen LogP contribution in [-0.2, 0) is 0 Å². The summed E-state index contributed by atoms with van der Waals surface area (Å²) in [5, 5.41) is 2.49. The van der Waals surface area contributed by atoms with Crippen molar-refractivity contribution in [2.75, 3.05) is 12.4 Å². The highest BCUT2D eigenvalue weighted by Crippen LogP contribution is 2.27. The number of carbonyl (C=O) groups is 1. The monoisotopic (exact) mass is 390 g/mol. The molecule has 5 nitrogen and oxygen atoms in total. The van der Waals surface area contributed by atoms with Crippen molar-refractivity contribution in [1.82, 2.24) is 4.98 Å². The van der Waals surface area contributed by atoms with Gasteiger partial charge in [-0.25, -0.2) is 9.37 Å². The number of methoxy groups -OCH3 is 1. The van der Waals surface area contributed by atoms with Crippen LogP contribution >= 0.6 is 15.9 Å². The molecule has 2 aromatic carbocycles. The molecule has 3 aromatic rings. The van der Waals surface area contributed by atoms with E-state index in [0.717, 1.165) is 0 Å². The molecule has 24 heavy (non-hydrogen) atoms. The van der Waals surface area contributed by atoms with Gasteiger partial charge < -0.3 is 14.5 Å². The lowest BCUT2D eigenvalue weighted by Crippen LogP contribution is -2.14. The number of hydrogen-bond donors (Lipinski definition) is 1. The quantitative estimate of drug-likeness (QED) is 0.711. The first-order chi connectivity index (χ1) is 11.6. The molecule has 0 saturated carbocycles. The van der Waals surface area contributed by atoms with Gasteiger partial charge in [0.25, 0.3) is 5.91 Å². The molecule has 0 atom stereocenters. The number of benzene rings is 2. The molecule has 0 radical (unpaired) electrons. The first kappa shape index (κ1) is 16.2. The van der Waals surface area contributed by atoms with Gasteiger partial charge in [0.1, 0.15) is 11.6 Å². The molecular formula is C17H12BrFN2O3. The second-order valence-corrected chi connectivity index (χ2v) is 5.76. The minimum Gasteiger partial charge on any atom is -0.497 e. The van der Waals surface area contributed by atoms with Crippen molar-refractivity contribution in [1.29, 1.82) is 0 Å². The summed E-state index contributed by atoms with van der Waals surface area (Å²) in [7, 11) is 1.55. The number of nitrogens with zero attached hydrogens (tertiary/aromatic N) is 1. The molecule has 1 N–H and O–H groups in total. The predicted molar refractivity (Wildman–Crippen MR) is 90.5 cm³/mol. The van der Waals surface area contributed by atoms with Gasteiger partial charge in [0.2, 0.25) is 0 Å². The maximum atomic E-state index is 13.9. The van der Waals surface area contributed by atoms with Crippen molar-refractivity contribution in [3.05, 3.63) is 64.8 Å². The van der Waals surface area contributed by atoms with Gasteiger partial charge in [0.15, 0.2) is 17.8 Å². The second kappa shape index (κ2) is 6.84. The average Bonchev–Trinajstić information content (AvgIpc) is 3.07. The number of anilines is 1. The van der Waals surface area contributed by atoms with Gasteiger partial charge >= 0.3 is 0 Å². The van der Waals surface area contributed by atoms with Crippen LogP contribution in [0, 0.1) is 5.82 Å². The molecule has 0 unspecified atom stereocenters. The molecule has 3 rings (SSSR count).